The lowest BCUT2D eigenvalue weighted by atomic mass is 10.1. The molecule has 1 aromatic carbocycles. The van der Waals surface area contributed by atoms with E-state index in [1.807, 2.05) is 13.8 Å². The van der Waals surface area contributed by atoms with Gasteiger partial charge in [-0.15, -0.1) is 0 Å². The number of hydrogen-bond donors (Lipinski definition) is 0. The Bertz CT molecular complexity index is 622. The molecule has 0 amide bonds. The molecule has 2 rings (SSSR count). The van der Waals surface area contributed by atoms with Crippen LogP contribution >= 0.6 is 15.9 Å². The number of aryl methyl sites for hydroxylation is 2. The summed E-state index contributed by atoms with van der Waals surface area (Å²) >= 11 is 3.33. The van der Waals surface area contributed by atoms with E-state index in [0.29, 0.717) is 17.8 Å². The second-order valence-corrected chi connectivity index (χ2v) is 5.18. The van der Waals surface area contributed by atoms with Gasteiger partial charge in [0.05, 0.1) is 5.69 Å². The SMILES string of the molecule is CCn1nc(C)cc1C(=O)Cc1cc(F)ccc1Br. The lowest BCUT2D eigenvalue weighted by molar-refractivity contribution is 0.0982. The number of rotatable bonds is 4. The fraction of sp³-hybridized carbons (Fsp3) is 0.286. The van der Waals surface area contributed by atoms with Gasteiger partial charge in [-0.1, -0.05) is 15.9 Å². The minimum Gasteiger partial charge on any atom is -0.292 e. The van der Waals surface area contributed by atoms with Crippen LogP contribution in [0.25, 0.3) is 0 Å². The lowest BCUT2D eigenvalue weighted by Gasteiger charge is -2.06. The highest BCUT2D eigenvalue weighted by Gasteiger charge is 2.15. The zero-order chi connectivity index (χ0) is 14.0. The highest BCUT2D eigenvalue weighted by atomic mass is 79.9. The summed E-state index contributed by atoms with van der Waals surface area (Å²) < 4.78 is 15.6. The van der Waals surface area contributed by atoms with Gasteiger partial charge in [0, 0.05) is 17.4 Å². The van der Waals surface area contributed by atoms with E-state index >= 15 is 0 Å². The second kappa shape index (κ2) is 5.65. The smallest absolute Gasteiger partial charge is 0.185 e. The zero-order valence-corrected chi connectivity index (χ0v) is 12.4. The van der Waals surface area contributed by atoms with Crippen LogP contribution in [0.2, 0.25) is 0 Å². The van der Waals surface area contributed by atoms with E-state index in [1.54, 1.807) is 16.8 Å². The molecule has 0 saturated heterocycles. The van der Waals surface area contributed by atoms with Gasteiger partial charge in [-0.05, 0) is 43.7 Å². The zero-order valence-electron chi connectivity index (χ0n) is 10.8. The van der Waals surface area contributed by atoms with Crippen molar-refractivity contribution in [3.05, 3.63) is 51.5 Å². The summed E-state index contributed by atoms with van der Waals surface area (Å²) in [5.41, 5.74) is 2.02. The van der Waals surface area contributed by atoms with Gasteiger partial charge in [0.1, 0.15) is 11.5 Å². The molecule has 0 radical (unpaired) electrons. The minimum absolute atomic E-state index is 0.0613. The summed E-state index contributed by atoms with van der Waals surface area (Å²) in [6.07, 6.45) is 0.156. The van der Waals surface area contributed by atoms with E-state index in [2.05, 4.69) is 21.0 Å². The molecule has 19 heavy (non-hydrogen) atoms. The maximum absolute atomic E-state index is 13.2. The van der Waals surface area contributed by atoms with E-state index in [0.717, 1.165) is 10.2 Å². The summed E-state index contributed by atoms with van der Waals surface area (Å²) in [6, 6.07) is 6.11. The number of hydrogen-bond acceptors (Lipinski definition) is 2. The van der Waals surface area contributed by atoms with Gasteiger partial charge in [0.25, 0.3) is 0 Å². The predicted molar refractivity (Wildman–Crippen MR) is 74.8 cm³/mol. The molecule has 100 valence electrons. The van der Waals surface area contributed by atoms with Crippen LogP contribution in [0.3, 0.4) is 0 Å². The molecule has 1 aromatic heterocycles. The first-order valence-electron chi connectivity index (χ1n) is 6.03. The number of nitrogens with zero attached hydrogens (tertiary/aromatic N) is 2. The molecule has 2 aromatic rings. The molecule has 0 fully saturated rings. The Kier molecular flexibility index (Phi) is 4.14. The molecule has 0 aliphatic carbocycles. The van der Waals surface area contributed by atoms with Crippen LogP contribution in [0.15, 0.2) is 28.7 Å². The molecule has 0 aliphatic heterocycles. The number of aromatic nitrogens is 2. The summed E-state index contributed by atoms with van der Waals surface area (Å²) in [5, 5.41) is 4.24. The van der Waals surface area contributed by atoms with Crippen molar-refractivity contribution in [1.82, 2.24) is 9.78 Å². The molecule has 0 bridgehead atoms. The summed E-state index contributed by atoms with van der Waals surface area (Å²) in [6.45, 7) is 4.42. The monoisotopic (exact) mass is 324 g/mol. The van der Waals surface area contributed by atoms with Crippen molar-refractivity contribution in [3.8, 4) is 0 Å². The van der Waals surface area contributed by atoms with Gasteiger partial charge in [-0.25, -0.2) is 4.39 Å². The third kappa shape index (κ3) is 3.10. The molecule has 0 unspecified atom stereocenters. The van der Waals surface area contributed by atoms with Crippen LogP contribution in [-0.2, 0) is 13.0 Å². The largest absolute Gasteiger partial charge is 0.292 e. The number of carbonyl (C=O) groups excluding carboxylic acids is 1. The normalized spacial score (nSPS) is 10.7. The van der Waals surface area contributed by atoms with Gasteiger partial charge in [-0.2, -0.15) is 5.10 Å². The first kappa shape index (κ1) is 13.9. The fourth-order valence-electron chi connectivity index (χ4n) is 1.95. The Hall–Kier alpha value is -1.49. The Labute approximate surface area is 119 Å². The third-order valence-corrected chi connectivity index (χ3v) is 3.62. The van der Waals surface area contributed by atoms with E-state index in [1.165, 1.54) is 12.1 Å². The average molecular weight is 325 g/mol. The van der Waals surface area contributed by atoms with Crippen LogP contribution in [0.5, 0.6) is 0 Å². The fourth-order valence-corrected chi connectivity index (χ4v) is 2.34. The first-order valence-corrected chi connectivity index (χ1v) is 6.82. The molecule has 0 aliphatic rings. The van der Waals surface area contributed by atoms with E-state index in [9.17, 15) is 9.18 Å². The van der Waals surface area contributed by atoms with Gasteiger partial charge >= 0.3 is 0 Å². The van der Waals surface area contributed by atoms with Crippen molar-refractivity contribution >= 4 is 21.7 Å². The molecule has 3 nitrogen and oxygen atoms in total. The summed E-state index contributed by atoms with van der Waals surface area (Å²) in [4.78, 5) is 12.3. The number of benzene rings is 1. The summed E-state index contributed by atoms with van der Waals surface area (Å²) in [7, 11) is 0. The van der Waals surface area contributed by atoms with Crippen molar-refractivity contribution in [3.63, 3.8) is 0 Å². The maximum atomic E-state index is 13.2. The quantitative estimate of drug-likeness (QED) is 0.806. The van der Waals surface area contributed by atoms with Gasteiger partial charge in [-0.3, -0.25) is 9.48 Å². The van der Waals surface area contributed by atoms with Crippen molar-refractivity contribution in [2.45, 2.75) is 26.8 Å². The van der Waals surface area contributed by atoms with Crippen molar-refractivity contribution in [2.24, 2.45) is 0 Å². The van der Waals surface area contributed by atoms with Crippen molar-refractivity contribution < 1.29 is 9.18 Å². The number of Topliss-reactive ketones (excluding diaryl/α,β-unsaturated/α-hetero) is 1. The van der Waals surface area contributed by atoms with Crippen LogP contribution < -0.4 is 0 Å². The molecule has 0 spiro atoms. The topological polar surface area (TPSA) is 34.9 Å². The van der Waals surface area contributed by atoms with Crippen LogP contribution in [0.4, 0.5) is 4.39 Å². The predicted octanol–water partition coefficient (Wildman–Crippen LogP) is 3.54. The lowest BCUT2D eigenvalue weighted by Crippen LogP contribution is -2.12. The van der Waals surface area contributed by atoms with Gasteiger partial charge < -0.3 is 0 Å². The van der Waals surface area contributed by atoms with E-state index < -0.39 is 0 Å². The average Bonchev–Trinajstić information content (AvgIpc) is 2.75. The van der Waals surface area contributed by atoms with E-state index in [4.69, 9.17) is 0 Å². The van der Waals surface area contributed by atoms with E-state index in [-0.39, 0.29) is 18.0 Å². The standard InChI is InChI=1S/C14H14BrFN2O/c1-3-18-13(6-9(2)17-18)14(19)8-10-7-11(16)4-5-12(10)15/h4-7H,3,8H2,1-2H3. The van der Waals surface area contributed by atoms with Crippen molar-refractivity contribution in [1.29, 1.82) is 0 Å². The highest BCUT2D eigenvalue weighted by Crippen LogP contribution is 2.20. The molecular weight excluding hydrogens is 311 g/mol. The maximum Gasteiger partial charge on any atom is 0.185 e. The molecule has 0 atom stereocenters. The Morgan fingerprint density at radius 2 is 2.16 bits per heavy atom. The minimum atomic E-state index is -0.342. The molecule has 1 heterocycles. The van der Waals surface area contributed by atoms with Gasteiger partial charge in [0.2, 0.25) is 0 Å². The van der Waals surface area contributed by atoms with Crippen LogP contribution in [-0.4, -0.2) is 15.6 Å². The third-order valence-electron chi connectivity index (χ3n) is 2.85. The van der Waals surface area contributed by atoms with Crippen molar-refractivity contribution in [2.75, 3.05) is 0 Å². The molecule has 0 saturated carbocycles. The highest BCUT2D eigenvalue weighted by molar-refractivity contribution is 9.10. The Morgan fingerprint density at radius 3 is 2.84 bits per heavy atom. The molecule has 5 heteroatoms. The number of ketones is 1. The number of carbonyl (C=O) groups is 1. The first-order chi connectivity index (χ1) is 9.01. The van der Waals surface area contributed by atoms with Gasteiger partial charge in [0.15, 0.2) is 5.78 Å². The summed E-state index contributed by atoms with van der Waals surface area (Å²) in [5.74, 6) is -0.403. The Morgan fingerprint density at radius 1 is 1.42 bits per heavy atom. The van der Waals surface area contributed by atoms with Crippen LogP contribution in [0.1, 0.15) is 28.7 Å². The molecule has 0 N–H and O–H groups in total. The second-order valence-electron chi connectivity index (χ2n) is 4.32. The molecular formula is C14H14BrFN2O. The number of halogens is 2. The van der Waals surface area contributed by atoms with Crippen LogP contribution in [0, 0.1) is 12.7 Å². The Balaban J connectivity index is 2.27.